The molecule has 30 heavy (non-hydrogen) atoms. The number of para-hydroxylation sites is 1. The number of nitrogens with one attached hydrogen (secondary N) is 1. The van der Waals surface area contributed by atoms with E-state index in [0.717, 1.165) is 16.6 Å². The minimum atomic E-state index is -0.499. The largest absolute Gasteiger partial charge is 0.484 e. The summed E-state index contributed by atoms with van der Waals surface area (Å²) < 4.78 is 6.97. The maximum atomic E-state index is 12.4. The van der Waals surface area contributed by atoms with Crippen LogP contribution in [-0.4, -0.2) is 32.2 Å². The van der Waals surface area contributed by atoms with Gasteiger partial charge in [0, 0.05) is 23.6 Å². The van der Waals surface area contributed by atoms with E-state index in [2.05, 4.69) is 15.4 Å². The lowest BCUT2D eigenvalue weighted by atomic mass is 10.2. The van der Waals surface area contributed by atoms with Crippen molar-refractivity contribution in [3.8, 4) is 11.6 Å². The van der Waals surface area contributed by atoms with Gasteiger partial charge in [0.15, 0.2) is 12.4 Å². The highest BCUT2D eigenvalue weighted by Crippen LogP contribution is 2.20. The molecule has 0 spiro atoms. The highest BCUT2D eigenvalue weighted by Gasteiger charge is 2.13. The molecule has 1 N–H and O–H groups in total. The normalized spacial score (nSPS) is 10.7. The fourth-order valence-electron chi connectivity index (χ4n) is 2.93. The summed E-state index contributed by atoms with van der Waals surface area (Å²) >= 11 is 0. The average molecular weight is 403 g/mol. The second kappa shape index (κ2) is 8.00. The van der Waals surface area contributed by atoms with Crippen molar-refractivity contribution in [2.75, 3.05) is 11.9 Å². The number of non-ortho nitro benzene ring substituents is 1. The van der Waals surface area contributed by atoms with E-state index in [-0.39, 0.29) is 12.3 Å². The number of rotatable bonds is 6. The van der Waals surface area contributed by atoms with E-state index >= 15 is 0 Å². The van der Waals surface area contributed by atoms with Crippen LogP contribution in [0.4, 0.5) is 11.5 Å². The monoisotopic (exact) mass is 403 g/mol. The molecule has 2 aromatic carbocycles. The zero-order valence-electron chi connectivity index (χ0n) is 16.0. The molecule has 4 aromatic rings. The van der Waals surface area contributed by atoms with Crippen LogP contribution in [0.1, 0.15) is 5.69 Å². The van der Waals surface area contributed by atoms with E-state index < -0.39 is 10.8 Å². The zero-order valence-corrected chi connectivity index (χ0v) is 16.0. The Kier molecular flexibility index (Phi) is 5.08. The third kappa shape index (κ3) is 4.09. The molecule has 0 saturated heterocycles. The summed E-state index contributed by atoms with van der Waals surface area (Å²) in [7, 11) is 0. The van der Waals surface area contributed by atoms with E-state index in [0.29, 0.717) is 17.4 Å². The van der Waals surface area contributed by atoms with Crippen molar-refractivity contribution in [3.63, 3.8) is 0 Å². The number of hydrogen-bond acceptors (Lipinski definition) is 6. The molecule has 2 aromatic heterocycles. The van der Waals surface area contributed by atoms with Crippen molar-refractivity contribution in [1.82, 2.24) is 14.8 Å². The van der Waals surface area contributed by atoms with Crippen LogP contribution in [-0.2, 0) is 4.79 Å². The molecule has 0 saturated carbocycles. The summed E-state index contributed by atoms with van der Waals surface area (Å²) in [6, 6.07) is 18.8. The van der Waals surface area contributed by atoms with Gasteiger partial charge in [0.05, 0.1) is 16.1 Å². The standard InChI is InChI=1S/C21H17N5O4/c1-14-12-20(23-21(27)13-30-17-9-7-16(8-10-17)26(28)29)25(24-14)19-11-6-15-4-2-3-5-18(15)22-19/h2-12H,13H2,1H3,(H,23,27). The minimum absolute atomic E-state index is 0.0472. The molecule has 0 atom stereocenters. The Morgan fingerprint density at radius 1 is 1.13 bits per heavy atom. The van der Waals surface area contributed by atoms with Gasteiger partial charge in [-0.05, 0) is 37.3 Å². The molecule has 0 fully saturated rings. The lowest BCUT2D eigenvalue weighted by Gasteiger charge is -2.10. The third-order valence-corrected chi connectivity index (χ3v) is 4.32. The Morgan fingerprint density at radius 2 is 1.90 bits per heavy atom. The van der Waals surface area contributed by atoms with Gasteiger partial charge in [0.1, 0.15) is 11.6 Å². The third-order valence-electron chi connectivity index (χ3n) is 4.32. The van der Waals surface area contributed by atoms with E-state index in [1.54, 1.807) is 10.7 Å². The number of nitro groups is 1. The Bertz CT molecular complexity index is 1230. The van der Waals surface area contributed by atoms with E-state index in [9.17, 15) is 14.9 Å². The number of anilines is 1. The number of pyridine rings is 1. The van der Waals surface area contributed by atoms with Gasteiger partial charge in [-0.15, -0.1) is 0 Å². The van der Waals surface area contributed by atoms with Gasteiger partial charge in [0.25, 0.3) is 11.6 Å². The van der Waals surface area contributed by atoms with Gasteiger partial charge in [-0.3, -0.25) is 14.9 Å². The van der Waals surface area contributed by atoms with E-state index in [1.165, 1.54) is 24.3 Å². The number of fused-ring (bicyclic) bond motifs is 1. The molecule has 0 aliphatic heterocycles. The summed E-state index contributed by atoms with van der Waals surface area (Å²) in [6.45, 7) is 1.56. The van der Waals surface area contributed by atoms with Crippen molar-refractivity contribution in [1.29, 1.82) is 0 Å². The van der Waals surface area contributed by atoms with Crippen LogP contribution in [0.25, 0.3) is 16.7 Å². The number of amides is 1. The second-order valence-corrected chi connectivity index (χ2v) is 6.53. The first-order valence-corrected chi connectivity index (χ1v) is 9.09. The van der Waals surface area contributed by atoms with Gasteiger partial charge in [0.2, 0.25) is 0 Å². The molecule has 0 unspecified atom stereocenters. The van der Waals surface area contributed by atoms with Gasteiger partial charge in [-0.25, -0.2) is 4.98 Å². The van der Waals surface area contributed by atoms with Gasteiger partial charge in [-0.1, -0.05) is 18.2 Å². The van der Waals surface area contributed by atoms with Crippen molar-refractivity contribution in [3.05, 3.63) is 82.5 Å². The molecule has 150 valence electrons. The molecular weight excluding hydrogens is 386 g/mol. The van der Waals surface area contributed by atoms with Crippen molar-refractivity contribution >= 4 is 28.3 Å². The number of nitrogens with zero attached hydrogens (tertiary/aromatic N) is 4. The highest BCUT2D eigenvalue weighted by atomic mass is 16.6. The molecule has 9 nitrogen and oxygen atoms in total. The molecule has 0 radical (unpaired) electrons. The van der Waals surface area contributed by atoms with Gasteiger partial charge in [-0.2, -0.15) is 9.78 Å². The number of hydrogen-bond donors (Lipinski definition) is 1. The molecule has 9 heteroatoms. The van der Waals surface area contributed by atoms with Crippen molar-refractivity contribution in [2.24, 2.45) is 0 Å². The molecule has 0 aliphatic rings. The van der Waals surface area contributed by atoms with Crippen LogP contribution in [0.2, 0.25) is 0 Å². The summed E-state index contributed by atoms with van der Waals surface area (Å²) in [5.41, 5.74) is 1.49. The summed E-state index contributed by atoms with van der Waals surface area (Å²) in [5, 5.41) is 18.9. The lowest BCUT2D eigenvalue weighted by Crippen LogP contribution is -2.22. The predicted molar refractivity (Wildman–Crippen MR) is 111 cm³/mol. The summed E-state index contributed by atoms with van der Waals surface area (Å²) in [4.78, 5) is 27.2. The number of nitro benzene ring substituents is 1. The number of aromatic nitrogens is 3. The fraction of sp³-hybridized carbons (Fsp3) is 0.0952. The van der Waals surface area contributed by atoms with Crippen LogP contribution in [0.3, 0.4) is 0 Å². The van der Waals surface area contributed by atoms with Crippen LogP contribution in [0.5, 0.6) is 5.75 Å². The summed E-state index contributed by atoms with van der Waals surface area (Å²) in [5.74, 6) is 1.01. The van der Waals surface area contributed by atoms with E-state index in [1.807, 2.05) is 43.3 Å². The maximum absolute atomic E-state index is 12.4. The topological polar surface area (TPSA) is 112 Å². The average Bonchev–Trinajstić information content (AvgIpc) is 3.12. The first kappa shape index (κ1) is 19.1. The zero-order chi connectivity index (χ0) is 21.1. The Labute approximate surface area is 171 Å². The van der Waals surface area contributed by atoms with Crippen LogP contribution in [0.15, 0.2) is 66.7 Å². The van der Waals surface area contributed by atoms with Crippen LogP contribution >= 0.6 is 0 Å². The first-order valence-electron chi connectivity index (χ1n) is 9.09. The maximum Gasteiger partial charge on any atom is 0.269 e. The number of carbonyl (C=O) groups excluding carboxylic acids is 1. The predicted octanol–water partition coefficient (Wildman–Crippen LogP) is 3.65. The van der Waals surface area contributed by atoms with Crippen molar-refractivity contribution in [2.45, 2.75) is 6.92 Å². The molecule has 0 bridgehead atoms. The SMILES string of the molecule is Cc1cc(NC(=O)COc2ccc([N+](=O)[O-])cc2)n(-c2ccc3ccccc3n2)n1. The van der Waals surface area contributed by atoms with Crippen LogP contribution in [0, 0.1) is 17.0 Å². The molecule has 1 amide bonds. The minimum Gasteiger partial charge on any atom is -0.484 e. The Morgan fingerprint density at radius 3 is 2.67 bits per heavy atom. The number of ether oxygens (including phenoxy) is 1. The highest BCUT2D eigenvalue weighted by molar-refractivity contribution is 5.91. The van der Waals surface area contributed by atoms with Gasteiger partial charge < -0.3 is 10.1 Å². The molecule has 0 aliphatic carbocycles. The first-order chi connectivity index (χ1) is 14.5. The molecule has 2 heterocycles. The second-order valence-electron chi connectivity index (χ2n) is 6.53. The quantitative estimate of drug-likeness (QED) is 0.388. The number of aryl methyl sites for hydroxylation is 1. The fourth-order valence-corrected chi connectivity index (χ4v) is 2.93. The van der Waals surface area contributed by atoms with Gasteiger partial charge >= 0.3 is 0 Å². The summed E-state index contributed by atoms with van der Waals surface area (Å²) in [6.07, 6.45) is 0. The van der Waals surface area contributed by atoms with Crippen molar-refractivity contribution < 1.29 is 14.5 Å². The lowest BCUT2D eigenvalue weighted by molar-refractivity contribution is -0.384. The van der Waals surface area contributed by atoms with Crippen LogP contribution < -0.4 is 10.1 Å². The Balaban J connectivity index is 1.48. The smallest absolute Gasteiger partial charge is 0.269 e. The molecule has 4 rings (SSSR count). The van der Waals surface area contributed by atoms with E-state index in [4.69, 9.17) is 4.74 Å². The number of carbonyl (C=O) groups is 1. The number of benzene rings is 2. The Hall–Kier alpha value is -4.27. The molecular formula is C21H17N5O4.